The van der Waals surface area contributed by atoms with E-state index in [4.69, 9.17) is 0 Å². The molecule has 3 nitrogen and oxygen atoms in total. The molecule has 0 aromatic heterocycles. The molecule has 6 aromatic rings. The van der Waals surface area contributed by atoms with Crippen LogP contribution in [-0.2, 0) is 6.42 Å². The topological polar surface area (TPSA) is 23.6 Å². The average Bonchev–Trinajstić information content (AvgIpc) is 3.83. The summed E-state index contributed by atoms with van der Waals surface area (Å²) in [6.07, 6.45) is 9.58. The fraction of sp³-hybridized carbons (Fsp3) is 0.189. The smallest absolute Gasteiger partial charge is 0.192 e. The van der Waals surface area contributed by atoms with E-state index in [2.05, 4.69) is 188 Å². The lowest BCUT2D eigenvalue weighted by atomic mass is 9.84. The molecule has 0 saturated carbocycles. The third-order valence-corrected chi connectivity index (χ3v) is 12.6. The van der Waals surface area contributed by atoms with Crippen LogP contribution in [0.2, 0.25) is 0 Å². The number of carbonyl (C=O) groups is 1. The van der Waals surface area contributed by atoms with Gasteiger partial charge in [-0.15, -0.1) is 0 Å². The zero-order chi connectivity index (χ0) is 39.1. The van der Waals surface area contributed by atoms with Crippen LogP contribution >= 0.6 is 11.8 Å². The molecular weight excluding hydrogens is 713 g/mol. The number of rotatable bonds is 12. The SMILES string of the molecule is CCC(CC(C)c1ccc(N(c2ccccc2)c2ccc(C=C3CN(CC)C(=C4Cc5ccccc5C4=O)S3)cc2)cc1)c1ccc(C=Cc2ccccc2)cc1. The predicted octanol–water partition coefficient (Wildman–Crippen LogP) is 14.1. The fourth-order valence-electron chi connectivity index (χ4n) is 8.18. The molecule has 1 heterocycles. The molecule has 57 heavy (non-hydrogen) atoms. The summed E-state index contributed by atoms with van der Waals surface area (Å²) < 4.78 is 0. The highest BCUT2D eigenvalue weighted by Gasteiger charge is 2.33. The Balaban J connectivity index is 0.966. The lowest BCUT2D eigenvalue weighted by molar-refractivity contribution is 0.103. The van der Waals surface area contributed by atoms with Crippen LogP contribution in [0.4, 0.5) is 17.1 Å². The summed E-state index contributed by atoms with van der Waals surface area (Å²) in [7, 11) is 0. The van der Waals surface area contributed by atoms with Crippen LogP contribution in [0.25, 0.3) is 18.2 Å². The first-order chi connectivity index (χ1) is 28.0. The molecule has 2 atom stereocenters. The van der Waals surface area contributed by atoms with Crippen molar-refractivity contribution < 1.29 is 4.79 Å². The van der Waals surface area contributed by atoms with Crippen LogP contribution in [0.5, 0.6) is 0 Å². The third kappa shape index (κ3) is 8.62. The quantitative estimate of drug-likeness (QED) is 0.0915. The second-order valence-electron chi connectivity index (χ2n) is 15.2. The molecule has 1 aliphatic carbocycles. The van der Waals surface area contributed by atoms with E-state index in [0.717, 1.165) is 70.3 Å². The van der Waals surface area contributed by atoms with Crippen molar-refractivity contribution in [3.63, 3.8) is 0 Å². The highest BCUT2D eigenvalue weighted by molar-refractivity contribution is 8.07. The van der Waals surface area contributed by atoms with Gasteiger partial charge in [0.25, 0.3) is 0 Å². The van der Waals surface area contributed by atoms with Gasteiger partial charge in [-0.2, -0.15) is 0 Å². The van der Waals surface area contributed by atoms with E-state index in [-0.39, 0.29) is 5.78 Å². The number of thioether (sulfide) groups is 1. The van der Waals surface area contributed by atoms with E-state index in [9.17, 15) is 4.79 Å². The number of benzene rings is 6. The van der Waals surface area contributed by atoms with Crippen LogP contribution in [0.1, 0.15) is 89.2 Å². The van der Waals surface area contributed by atoms with Crippen molar-refractivity contribution in [1.82, 2.24) is 4.90 Å². The molecule has 0 radical (unpaired) electrons. The molecule has 1 fully saturated rings. The molecule has 4 heteroatoms. The van der Waals surface area contributed by atoms with Gasteiger partial charge in [0, 0.05) is 52.6 Å². The maximum atomic E-state index is 13.3. The number of carbonyl (C=O) groups excluding carboxylic acids is 1. The van der Waals surface area contributed by atoms with Crippen molar-refractivity contribution in [1.29, 1.82) is 0 Å². The number of allylic oxidation sites excluding steroid dienone is 1. The normalized spacial score (nSPS) is 17.0. The monoisotopic (exact) mass is 762 g/mol. The van der Waals surface area contributed by atoms with Gasteiger partial charge in [-0.05, 0) is 107 Å². The Hall–Kier alpha value is -5.84. The van der Waals surface area contributed by atoms with Gasteiger partial charge in [-0.25, -0.2) is 0 Å². The third-order valence-electron chi connectivity index (χ3n) is 11.4. The van der Waals surface area contributed by atoms with E-state index >= 15 is 0 Å². The molecule has 2 aliphatic rings. The summed E-state index contributed by atoms with van der Waals surface area (Å²) in [5.74, 6) is 1.11. The highest BCUT2D eigenvalue weighted by atomic mass is 32.2. The van der Waals surface area contributed by atoms with Gasteiger partial charge in [0.2, 0.25) is 0 Å². The minimum absolute atomic E-state index is 0.180. The van der Waals surface area contributed by atoms with Gasteiger partial charge in [0.1, 0.15) is 0 Å². The van der Waals surface area contributed by atoms with Crippen LogP contribution in [0, 0.1) is 0 Å². The molecule has 0 spiro atoms. The summed E-state index contributed by atoms with van der Waals surface area (Å²) >= 11 is 1.76. The first-order valence-electron chi connectivity index (χ1n) is 20.3. The number of hydrogen-bond donors (Lipinski definition) is 0. The Morgan fingerprint density at radius 3 is 1.86 bits per heavy atom. The van der Waals surface area contributed by atoms with Gasteiger partial charge in [0.15, 0.2) is 5.78 Å². The van der Waals surface area contributed by atoms with Crippen LogP contribution in [0.3, 0.4) is 0 Å². The Kier molecular flexibility index (Phi) is 11.7. The number of nitrogens with zero attached hydrogens (tertiary/aromatic N) is 2. The van der Waals surface area contributed by atoms with Crippen molar-refractivity contribution in [2.75, 3.05) is 18.0 Å². The summed E-state index contributed by atoms with van der Waals surface area (Å²) in [4.78, 5) is 19.3. The number of anilines is 3. The molecule has 1 aliphatic heterocycles. The van der Waals surface area contributed by atoms with E-state index in [1.54, 1.807) is 11.8 Å². The van der Waals surface area contributed by atoms with Crippen molar-refractivity contribution >= 4 is 52.8 Å². The number of para-hydroxylation sites is 1. The van der Waals surface area contributed by atoms with Gasteiger partial charge < -0.3 is 9.80 Å². The highest BCUT2D eigenvalue weighted by Crippen LogP contribution is 2.44. The summed E-state index contributed by atoms with van der Waals surface area (Å²) in [6.45, 7) is 8.54. The Morgan fingerprint density at radius 2 is 1.21 bits per heavy atom. The van der Waals surface area contributed by atoms with Crippen LogP contribution < -0.4 is 4.90 Å². The molecule has 6 aromatic carbocycles. The minimum Gasteiger partial charge on any atom is -0.361 e. The summed E-state index contributed by atoms with van der Waals surface area (Å²) in [5.41, 5.74) is 12.7. The number of ketones is 1. The predicted molar refractivity (Wildman–Crippen MR) is 243 cm³/mol. The molecule has 284 valence electrons. The van der Waals surface area contributed by atoms with E-state index < -0.39 is 0 Å². The first-order valence-corrected chi connectivity index (χ1v) is 21.2. The van der Waals surface area contributed by atoms with E-state index in [1.807, 2.05) is 18.2 Å². The van der Waals surface area contributed by atoms with Crippen molar-refractivity contribution in [3.05, 3.63) is 212 Å². The van der Waals surface area contributed by atoms with Gasteiger partial charge in [0.05, 0.1) is 5.03 Å². The molecule has 2 unspecified atom stereocenters. The molecule has 0 amide bonds. The first kappa shape index (κ1) is 38.1. The summed E-state index contributed by atoms with van der Waals surface area (Å²) in [5, 5.41) is 1.11. The van der Waals surface area contributed by atoms with Crippen molar-refractivity contribution in [2.45, 2.75) is 51.9 Å². The Bertz CT molecular complexity index is 2390. The van der Waals surface area contributed by atoms with E-state index in [1.165, 1.54) is 27.2 Å². The van der Waals surface area contributed by atoms with Gasteiger partial charge >= 0.3 is 0 Å². The van der Waals surface area contributed by atoms with Gasteiger partial charge in [-0.1, -0.05) is 159 Å². The zero-order valence-corrected chi connectivity index (χ0v) is 34.0. The number of likely N-dealkylation sites (N-methyl/N-ethyl adjacent to an activating group) is 1. The van der Waals surface area contributed by atoms with Crippen molar-refractivity contribution in [2.24, 2.45) is 0 Å². The standard InChI is InChI=1S/C53H50N2OS/c1-4-42(44-26-22-40(23-27-44)21-20-39-14-8-6-9-15-39)34-38(3)43-28-32-48(33-29-43)55(46-17-10-7-11-18-46)47-30-24-41(25-31-47)35-49-37-54(5-2)53(57-49)51-36-45-16-12-13-19-50(45)52(51)56/h6-33,35,38,42H,4-5,34,36-37H2,1-3H3. The van der Waals surface area contributed by atoms with Gasteiger partial charge in [-0.3, -0.25) is 4.79 Å². The lowest BCUT2D eigenvalue weighted by Crippen LogP contribution is -2.19. The molecule has 8 rings (SSSR count). The summed E-state index contributed by atoms with van der Waals surface area (Å²) in [6, 6.07) is 56.3. The lowest BCUT2D eigenvalue weighted by Gasteiger charge is -2.26. The minimum atomic E-state index is 0.180. The number of Topliss-reactive ketones (excluding diaryl/α,β-unsaturated/α-hetero) is 1. The van der Waals surface area contributed by atoms with E-state index in [0.29, 0.717) is 18.3 Å². The van der Waals surface area contributed by atoms with Crippen LogP contribution in [0.15, 0.2) is 173 Å². The Labute approximate surface area is 343 Å². The molecule has 0 bridgehead atoms. The van der Waals surface area contributed by atoms with Crippen molar-refractivity contribution in [3.8, 4) is 0 Å². The second kappa shape index (κ2) is 17.5. The molecule has 0 N–H and O–H groups in total. The maximum absolute atomic E-state index is 13.3. The maximum Gasteiger partial charge on any atom is 0.192 e. The Morgan fingerprint density at radius 1 is 0.649 bits per heavy atom. The second-order valence-corrected chi connectivity index (χ2v) is 16.3. The average molecular weight is 763 g/mol. The largest absolute Gasteiger partial charge is 0.361 e. The fourth-order valence-corrected chi connectivity index (χ4v) is 9.46. The number of fused-ring (bicyclic) bond motifs is 1. The van der Waals surface area contributed by atoms with Crippen LogP contribution in [-0.4, -0.2) is 23.8 Å². The molecule has 1 saturated heterocycles. The zero-order valence-electron chi connectivity index (χ0n) is 33.1. The number of hydrogen-bond acceptors (Lipinski definition) is 4. The molecular formula is C53H50N2OS.